The van der Waals surface area contributed by atoms with Gasteiger partial charge in [0.25, 0.3) is 5.91 Å². The average Bonchev–Trinajstić information content (AvgIpc) is 3.43. The highest BCUT2D eigenvalue weighted by molar-refractivity contribution is 9.10. The Bertz CT molecular complexity index is 1180. The number of anilines is 1. The number of hydrogen-bond acceptors (Lipinski definition) is 6. The molecular formula is C22H17BrN4O3S. The minimum Gasteiger partial charge on any atom is -0.337 e. The second-order valence-electron chi connectivity index (χ2n) is 7.31. The summed E-state index contributed by atoms with van der Waals surface area (Å²) < 4.78 is 6.39. The largest absolute Gasteiger partial charge is 0.337 e. The molecule has 0 saturated carbocycles. The third-order valence-corrected chi connectivity index (χ3v) is 6.86. The van der Waals surface area contributed by atoms with Gasteiger partial charge in [-0.25, -0.2) is 9.69 Å². The fourth-order valence-electron chi connectivity index (χ4n) is 3.63. The second kappa shape index (κ2) is 7.97. The van der Waals surface area contributed by atoms with Gasteiger partial charge in [0.1, 0.15) is 11.8 Å². The molecule has 0 radical (unpaired) electrons. The van der Waals surface area contributed by atoms with Gasteiger partial charge in [0.2, 0.25) is 11.7 Å². The smallest absolute Gasteiger partial charge is 0.332 e. The molecule has 2 atom stereocenters. The van der Waals surface area contributed by atoms with Crippen molar-refractivity contribution in [2.45, 2.75) is 24.8 Å². The number of fused-ring (bicyclic) bond motifs is 1. The maximum atomic E-state index is 13.4. The van der Waals surface area contributed by atoms with Gasteiger partial charge in [-0.05, 0) is 48.7 Å². The zero-order valence-electron chi connectivity index (χ0n) is 16.4. The van der Waals surface area contributed by atoms with Gasteiger partial charge < -0.3 is 9.42 Å². The second-order valence-corrected chi connectivity index (χ2v) is 9.28. The number of benzene rings is 2. The summed E-state index contributed by atoms with van der Waals surface area (Å²) in [5, 5.41) is 5.52. The molecule has 2 aromatic carbocycles. The van der Waals surface area contributed by atoms with E-state index in [1.54, 1.807) is 17.0 Å². The molecule has 0 spiro atoms. The van der Waals surface area contributed by atoms with Gasteiger partial charge in [0.15, 0.2) is 0 Å². The van der Waals surface area contributed by atoms with E-state index in [0.29, 0.717) is 17.4 Å². The minimum atomic E-state index is -0.398. The minimum absolute atomic E-state index is 0.115. The first kappa shape index (κ1) is 20.0. The highest BCUT2D eigenvalue weighted by Crippen LogP contribution is 2.37. The van der Waals surface area contributed by atoms with Crippen LogP contribution in [0.25, 0.3) is 11.4 Å². The molecule has 1 fully saturated rings. The summed E-state index contributed by atoms with van der Waals surface area (Å²) in [7, 11) is 0. The van der Waals surface area contributed by atoms with Crippen LogP contribution in [0.4, 0.5) is 10.5 Å². The van der Waals surface area contributed by atoms with Crippen LogP contribution < -0.4 is 4.90 Å². The molecule has 5 rings (SSSR count). The number of amides is 3. The fraction of sp³-hybridized carbons (Fsp3) is 0.182. The Kier molecular flexibility index (Phi) is 5.15. The van der Waals surface area contributed by atoms with Gasteiger partial charge in [0.05, 0.1) is 11.7 Å². The molecule has 1 saturated heterocycles. The van der Waals surface area contributed by atoms with E-state index in [9.17, 15) is 9.59 Å². The normalized spacial score (nSPS) is 20.5. The van der Waals surface area contributed by atoms with Crippen LogP contribution in [0.15, 0.2) is 69.0 Å². The summed E-state index contributed by atoms with van der Waals surface area (Å²) in [6.07, 6.45) is 1.88. The summed E-state index contributed by atoms with van der Waals surface area (Å²) in [5.41, 5.74) is 2.42. The Hall–Kier alpha value is -2.91. The molecule has 31 heavy (non-hydrogen) atoms. The lowest BCUT2D eigenvalue weighted by molar-refractivity contribution is -0.119. The topological polar surface area (TPSA) is 79.5 Å². The monoisotopic (exact) mass is 496 g/mol. The molecular weight excluding hydrogens is 480 g/mol. The predicted molar refractivity (Wildman–Crippen MR) is 121 cm³/mol. The average molecular weight is 497 g/mol. The van der Waals surface area contributed by atoms with Gasteiger partial charge >= 0.3 is 6.03 Å². The molecule has 9 heteroatoms. The van der Waals surface area contributed by atoms with Crippen LogP contribution in [0.1, 0.15) is 11.5 Å². The third kappa shape index (κ3) is 3.68. The van der Waals surface area contributed by atoms with Crippen LogP contribution in [-0.2, 0) is 11.3 Å². The van der Waals surface area contributed by atoms with E-state index >= 15 is 0 Å². The maximum Gasteiger partial charge on any atom is 0.332 e. The van der Waals surface area contributed by atoms with Crippen molar-refractivity contribution in [3.05, 3.63) is 75.9 Å². The van der Waals surface area contributed by atoms with Crippen molar-refractivity contribution in [1.29, 1.82) is 0 Å². The van der Waals surface area contributed by atoms with E-state index in [0.717, 1.165) is 15.6 Å². The first-order valence-electron chi connectivity index (χ1n) is 9.63. The Balaban J connectivity index is 1.44. The summed E-state index contributed by atoms with van der Waals surface area (Å²) in [6, 6.07) is 14.2. The standard InChI is InChI=1S/C22H17BrN4O3S/c1-13-2-8-16(9-3-13)27-21(28)19-17(10-11-31-19)26(22(27)29)12-18-24-20(25-30-18)14-4-6-15(23)7-5-14/h2-11,17,19H,12H2,1H3. The van der Waals surface area contributed by atoms with Crippen LogP contribution in [-0.4, -0.2) is 38.3 Å². The lowest BCUT2D eigenvalue weighted by Gasteiger charge is -2.40. The number of halogens is 1. The fourth-order valence-corrected chi connectivity index (χ4v) is 4.93. The summed E-state index contributed by atoms with van der Waals surface area (Å²) in [6.45, 7) is 2.07. The number of aromatic nitrogens is 2. The lowest BCUT2D eigenvalue weighted by Crippen LogP contribution is -2.61. The van der Waals surface area contributed by atoms with Crippen molar-refractivity contribution in [3.8, 4) is 11.4 Å². The van der Waals surface area contributed by atoms with Crippen LogP contribution in [0.5, 0.6) is 0 Å². The zero-order valence-corrected chi connectivity index (χ0v) is 18.8. The number of carbonyl (C=O) groups excluding carboxylic acids is 2. The number of aryl methyl sites for hydroxylation is 1. The third-order valence-electron chi connectivity index (χ3n) is 5.24. The molecule has 3 heterocycles. The molecule has 7 nitrogen and oxygen atoms in total. The Morgan fingerprint density at radius 1 is 1.10 bits per heavy atom. The summed E-state index contributed by atoms with van der Waals surface area (Å²) in [4.78, 5) is 33.8. The van der Waals surface area contributed by atoms with Crippen molar-refractivity contribution < 1.29 is 14.1 Å². The number of thioether (sulfide) groups is 1. The van der Waals surface area contributed by atoms with Crippen molar-refractivity contribution >= 4 is 45.3 Å². The molecule has 3 aromatic rings. The maximum absolute atomic E-state index is 13.4. The molecule has 0 bridgehead atoms. The molecule has 156 valence electrons. The molecule has 3 amide bonds. The molecule has 2 unspecified atom stereocenters. The zero-order chi connectivity index (χ0) is 21.5. The van der Waals surface area contributed by atoms with Gasteiger partial charge in [0, 0.05) is 10.0 Å². The van der Waals surface area contributed by atoms with E-state index in [2.05, 4.69) is 26.1 Å². The van der Waals surface area contributed by atoms with Gasteiger partial charge in [-0.2, -0.15) is 4.98 Å². The Labute approximate surface area is 191 Å². The summed E-state index contributed by atoms with van der Waals surface area (Å²) in [5.74, 6) is 0.547. The number of urea groups is 1. The van der Waals surface area contributed by atoms with Crippen molar-refractivity contribution in [1.82, 2.24) is 15.0 Å². The van der Waals surface area contributed by atoms with Gasteiger partial charge in [-0.15, -0.1) is 11.8 Å². The lowest BCUT2D eigenvalue weighted by atomic mass is 10.1. The SMILES string of the molecule is Cc1ccc(N2C(=O)C3SC=CC3N(Cc3nc(-c4ccc(Br)cc4)no3)C2=O)cc1. The van der Waals surface area contributed by atoms with E-state index in [1.807, 2.05) is 54.8 Å². The van der Waals surface area contributed by atoms with E-state index in [4.69, 9.17) is 4.52 Å². The summed E-state index contributed by atoms with van der Waals surface area (Å²) >= 11 is 4.83. The number of nitrogens with zero attached hydrogens (tertiary/aromatic N) is 4. The number of hydrogen-bond donors (Lipinski definition) is 0. The number of carbonyl (C=O) groups is 2. The van der Waals surface area contributed by atoms with E-state index < -0.39 is 11.3 Å². The first-order chi connectivity index (χ1) is 15.0. The van der Waals surface area contributed by atoms with Crippen molar-refractivity contribution in [3.63, 3.8) is 0 Å². The molecule has 2 aliphatic rings. The predicted octanol–water partition coefficient (Wildman–Crippen LogP) is 4.77. The van der Waals surface area contributed by atoms with Crippen LogP contribution in [0.2, 0.25) is 0 Å². The Morgan fingerprint density at radius 2 is 1.84 bits per heavy atom. The molecule has 0 aliphatic carbocycles. The highest BCUT2D eigenvalue weighted by Gasteiger charge is 2.48. The highest BCUT2D eigenvalue weighted by atomic mass is 79.9. The molecule has 2 aliphatic heterocycles. The number of rotatable bonds is 4. The van der Waals surface area contributed by atoms with Crippen LogP contribution in [0, 0.1) is 6.92 Å². The van der Waals surface area contributed by atoms with Crippen molar-refractivity contribution in [2.24, 2.45) is 0 Å². The van der Waals surface area contributed by atoms with Crippen molar-refractivity contribution in [2.75, 3.05) is 4.90 Å². The van der Waals surface area contributed by atoms with E-state index in [-0.39, 0.29) is 18.5 Å². The van der Waals surface area contributed by atoms with E-state index in [1.165, 1.54) is 16.7 Å². The number of imide groups is 1. The van der Waals surface area contributed by atoms with Crippen LogP contribution in [0.3, 0.4) is 0 Å². The Morgan fingerprint density at radius 3 is 2.58 bits per heavy atom. The van der Waals surface area contributed by atoms with Gasteiger partial charge in [-0.1, -0.05) is 44.9 Å². The van der Waals surface area contributed by atoms with Crippen LogP contribution >= 0.6 is 27.7 Å². The first-order valence-corrected chi connectivity index (χ1v) is 11.4. The molecule has 0 N–H and O–H groups in total. The quantitative estimate of drug-likeness (QED) is 0.517. The van der Waals surface area contributed by atoms with Gasteiger partial charge in [-0.3, -0.25) is 4.79 Å². The molecule has 1 aromatic heterocycles.